The molecule has 0 radical (unpaired) electrons. The Kier molecular flexibility index (Phi) is 4.81. The summed E-state index contributed by atoms with van der Waals surface area (Å²) in [5, 5.41) is 0.953. The zero-order valence-electron chi connectivity index (χ0n) is 16.3. The van der Waals surface area contributed by atoms with Crippen LogP contribution in [0.5, 0.6) is 0 Å². The third kappa shape index (κ3) is 3.29. The van der Waals surface area contributed by atoms with E-state index in [4.69, 9.17) is 4.74 Å². The normalized spacial score (nSPS) is 22.7. The van der Waals surface area contributed by atoms with Gasteiger partial charge in [0.2, 0.25) is 5.91 Å². The molecule has 1 amide bonds. The Morgan fingerprint density at radius 3 is 2.81 bits per heavy atom. The van der Waals surface area contributed by atoms with Gasteiger partial charge in [-0.2, -0.15) is 0 Å². The van der Waals surface area contributed by atoms with Crippen LogP contribution in [0.1, 0.15) is 49.0 Å². The first-order valence-electron chi connectivity index (χ1n) is 10.0. The Balaban J connectivity index is 1.63. The van der Waals surface area contributed by atoms with Crippen LogP contribution in [0.4, 0.5) is 0 Å². The minimum atomic E-state index is 0.0412. The largest absolute Gasteiger partial charge is 0.381 e. The molecule has 1 aromatic carbocycles. The molecule has 4 rings (SSSR count). The van der Waals surface area contributed by atoms with Gasteiger partial charge in [0, 0.05) is 42.3 Å². The van der Waals surface area contributed by atoms with Gasteiger partial charge >= 0.3 is 0 Å². The lowest BCUT2D eigenvalue weighted by molar-refractivity contribution is -0.135. The molecule has 5 nitrogen and oxygen atoms in total. The van der Waals surface area contributed by atoms with E-state index in [9.17, 15) is 9.59 Å². The van der Waals surface area contributed by atoms with E-state index in [2.05, 4.69) is 13.0 Å². The predicted octanol–water partition coefficient (Wildman–Crippen LogP) is 3.44. The Morgan fingerprint density at radius 1 is 1.26 bits per heavy atom. The molecule has 1 spiro atoms. The fraction of sp³-hybridized carbons (Fsp3) is 0.545. The molecule has 1 aromatic heterocycles. The molecule has 2 aliphatic rings. The molecule has 0 saturated carbocycles. The highest BCUT2D eigenvalue weighted by Crippen LogP contribution is 2.37. The summed E-state index contributed by atoms with van der Waals surface area (Å²) in [6.45, 7) is 7.19. The van der Waals surface area contributed by atoms with Crippen LogP contribution in [-0.4, -0.2) is 47.5 Å². The fourth-order valence-corrected chi connectivity index (χ4v) is 4.77. The first-order chi connectivity index (χ1) is 13.0. The first kappa shape index (κ1) is 18.2. The molecule has 2 aromatic rings. The first-order valence-corrected chi connectivity index (χ1v) is 10.0. The predicted molar refractivity (Wildman–Crippen MR) is 105 cm³/mol. The molecular formula is C22H28N2O3. The minimum Gasteiger partial charge on any atom is -0.381 e. The molecule has 5 heteroatoms. The summed E-state index contributed by atoms with van der Waals surface area (Å²) in [6, 6.07) is 6.06. The van der Waals surface area contributed by atoms with E-state index >= 15 is 0 Å². The number of para-hydroxylation sites is 1. The molecule has 2 aliphatic heterocycles. The fourth-order valence-electron chi connectivity index (χ4n) is 4.77. The van der Waals surface area contributed by atoms with Gasteiger partial charge in [-0.15, -0.1) is 0 Å². The molecule has 0 unspecified atom stereocenters. The van der Waals surface area contributed by atoms with Crippen molar-refractivity contribution in [2.45, 2.75) is 46.1 Å². The third-order valence-electron chi connectivity index (χ3n) is 6.25. The van der Waals surface area contributed by atoms with Crippen molar-refractivity contribution in [1.29, 1.82) is 0 Å². The maximum atomic E-state index is 13.1. The topological polar surface area (TPSA) is 51.5 Å². The molecule has 2 saturated heterocycles. The van der Waals surface area contributed by atoms with Gasteiger partial charge in [0.15, 0.2) is 5.78 Å². The molecule has 144 valence electrons. The van der Waals surface area contributed by atoms with Crippen molar-refractivity contribution < 1.29 is 14.3 Å². The van der Waals surface area contributed by atoms with Crippen LogP contribution < -0.4 is 0 Å². The highest BCUT2D eigenvalue weighted by atomic mass is 16.5. The number of hydrogen-bond donors (Lipinski definition) is 0. The van der Waals surface area contributed by atoms with Gasteiger partial charge < -0.3 is 14.2 Å². The van der Waals surface area contributed by atoms with Crippen LogP contribution in [0, 0.1) is 5.41 Å². The number of amides is 1. The number of nitrogens with zero attached hydrogens (tertiary/aromatic N) is 2. The van der Waals surface area contributed by atoms with Crippen LogP contribution in [0.25, 0.3) is 10.9 Å². The number of carbonyl (C=O) groups excluding carboxylic acids is 2. The number of fused-ring (bicyclic) bond motifs is 1. The number of aryl methyl sites for hydroxylation is 1. The number of ether oxygens (including phenoxy) is 1. The number of Topliss-reactive ketones (excluding diaryl/α,β-unsaturated/α-hetero) is 1. The quantitative estimate of drug-likeness (QED) is 0.777. The number of ketones is 1. The zero-order chi connectivity index (χ0) is 19.0. The van der Waals surface area contributed by atoms with Gasteiger partial charge in [0.25, 0.3) is 0 Å². The molecule has 0 bridgehead atoms. The second-order valence-corrected chi connectivity index (χ2v) is 8.12. The van der Waals surface area contributed by atoms with E-state index in [0.717, 1.165) is 62.9 Å². The zero-order valence-corrected chi connectivity index (χ0v) is 16.3. The third-order valence-corrected chi connectivity index (χ3v) is 6.25. The molecule has 27 heavy (non-hydrogen) atoms. The van der Waals surface area contributed by atoms with Gasteiger partial charge in [0.05, 0.1) is 12.1 Å². The molecule has 2 fully saturated rings. The van der Waals surface area contributed by atoms with E-state index in [1.807, 2.05) is 27.8 Å². The summed E-state index contributed by atoms with van der Waals surface area (Å²) in [6.07, 6.45) is 5.98. The van der Waals surface area contributed by atoms with E-state index in [0.29, 0.717) is 5.56 Å². The second-order valence-electron chi connectivity index (χ2n) is 8.12. The number of carbonyl (C=O) groups is 2. The van der Waals surface area contributed by atoms with Gasteiger partial charge in [-0.25, -0.2) is 0 Å². The van der Waals surface area contributed by atoms with Gasteiger partial charge in [-0.1, -0.05) is 25.1 Å². The van der Waals surface area contributed by atoms with E-state index < -0.39 is 0 Å². The van der Waals surface area contributed by atoms with Crippen molar-refractivity contribution in [2.75, 3.05) is 26.3 Å². The van der Waals surface area contributed by atoms with Crippen molar-refractivity contribution in [3.05, 3.63) is 35.5 Å². The minimum absolute atomic E-state index is 0.0412. The van der Waals surface area contributed by atoms with Crippen molar-refractivity contribution in [2.24, 2.45) is 5.41 Å². The number of aromatic nitrogens is 1. The van der Waals surface area contributed by atoms with Crippen LogP contribution in [0.15, 0.2) is 24.4 Å². The Morgan fingerprint density at radius 2 is 2.11 bits per heavy atom. The molecule has 3 heterocycles. The van der Waals surface area contributed by atoms with Crippen LogP contribution in [-0.2, 0) is 22.5 Å². The van der Waals surface area contributed by atoms with Gasteiger partial charge in [0.1, 0.15) is 6.54 Å². The van der Waals surface area contributed by atoms with E-state index in [-0.39, 0.29) is 23.7 Å². The number of hydrogen-bond acceptors (Lipinski definition) is 3. The number of likely N-dealkylation sites (tertiary alicyclic amines) is 1. The van der Waals surface area contributed by atoms with Gasteiger partial charge in [-0.05, 0) is 38.2 Å². The van der Waals surface area contributed by atoms with E-state index in [1.54, 1.807) is 6.92 Å². The lowest BCUT2D eigenvalue weighted by Crippen LogP contribution is -2.47. The van der Waals surface area contributed by atoms with Crippen LogP contribution >= 0.6 is 0 Å². The lowest BCUT2D eigenvalue weighted by atomic mass is 9.79. The summed E-state index contributed by atoms with van der Waals surface area (Å²) in [7, 11) is 0. The summed E-state index contributed by atoms with van der Waals surface area (Å²) >= 11 is 0. The van der Waals surface area contributed by atoms with E-state index in [1.165, 1.54) is 5.56 Å². The second kappa shape index (κ2) is 7.12. The monoisotopic (exact) mass is 368 g/mol. The SMILES string of the molecule is CCc1cccc2c(C(C)=O)cn(CC(=O)N3CCC[C@]4(CCOC4)C3)c12. The van der Waals surface area contributed by atoms with Crippen LogP contribution in [0.2, 0.25) is 0 Å². The van der Waals surface area contributed by atoms with Gasteiger partial charge in [-0.3, -0.25) is 9.59 Å². The highest BCUT2D eigenvalue weighted by Gasteiger charge is 2.40. The van der Waals surface area contributed by atoms with Crippen molar-refractivity contribution in [3.63, 3.8) is 0 Å². The average Bonchev–Trinajstić information content (AvgIpc) is 3.26. The molecule has 1 atom stereocenters. The Bertz CT molecular complexity index is 877. The van der Waals surface area contributed by atoms with Crippen molar-refractivity contribution in [3.8, 4) is 0 Å². The van der Waals surface area contributed by atoms with Crippen molar-refractivity contribution in [1.82, 2.24) is 9.47 Å². The summed E-state index contributed by atoms with van der Waals surface area (Å²) in [5.41, 5.74) is 3.06. The number of piperidine rings is 1. The smallest absolute Gasteiger partial charge is 0.242 e. The Hall–Kier alpha value is -2.14. The number of rotatable bonds is 4. The highest BCUT2D eigenvalue weighted by molar-refractivity contribution is 6.07. The lowest BCUT2D eigenvalue weighted by Gasteiger charge is -2.39. The number of benzene rings is 1. The molecule has 0 aliphatic carbocycles. The molecular weight excluding hydrogens is 340 g/mol. The summed E-state index contributed by atoms with van der Waals surface area (Å²) in [5.74, 6) is 0.179. The average molecular weight is 368 g/mol. The van der Waals surface area contributed by atoms with Crippen LogP contribution in [0.3, 0.4) is 0 Å². The maximum absolute atomic E-state index is 13.1. The Labute approximate surface area is 160 Å². The maximum Gasteiger partial charge on any atom is 0.242 e. The van der Waals surface area contributed by atoms with Crippen molar-refractivity contribution >= 4 is 22.6 Å². The molecule has 0 N–H and O–H groups in total. The standard InChI is InChI=1S/C22H28N2O3/c1-3-17-6-4-7-18-19(16(2)25)12-24(21(17)18)13-20(26)23-10-5-8-22(14-23)9-11-27-15-22/h4,6-7,12H,3,5,8-11,13-15H2,1-2H3/t22-/m0/s1. The summed E-state index contributed by atoms with van der Waals surface area (Å²) in [4.78, 5) is 27.2. The summed E-state index contributed by atoms with van der Waals surface area (Å²) < 4.78 is 7.61.